The molecule has 5 atom stereocenters. The fourth-order valence-electron chi connectivity index (χ4n) is 2.47. The maximum absolute atomic E-state index is 15.4. The molecular weight excluding hydrogens is 517 g/mol. The predicted octanol–water partition coefficient (Wildman–Crippen LogP) is -0.840. The summed E-state index contributed by atoms with van der Waals surface area (Å²) in [5, 5.41) is 10.5. The first kappa shape index (κ1) is 26.5. The van der Waals surface area contributed by atoms with Crippen molar-refractivity contribution in [1.29, 1.82) is 0 Å². The van der Waals surface area contributed by atoms with Gasteiger partial charge in [0.05, 0.1) is 12.5 Å². The van der Waals surface area contributed by atoms with Crippen LogP contribution in [-0.4, -0.2) is 65.0 Å². The van der Waals surface area contributed by atoms with E-state index in [1.807, 2.05) is 0 Å². The zero-order valence-electron chi connectivity index (χ0n) is 14.9. The van der Waals surface area contributed by atoms with Crippen LogP contribution in [0.3, 0.4) is 0 Å². The number of rotatable bonds is 9. The van der Waals surface area contributed by atoms with Gasteiger partial charge in [0.25, 0.3) is 0 Å². The second-order valence-electron chi connectivity index (χ2n) is 6.08. The predicted molar refractivity (Wildman–Crippen MR) is 97.2 cm³/mol. The lowest BCUT2D eigenvalue weighted by atomic mass is 9.95. The fourth-order valence-corrected chi connectivity index (χ4v) is 5.85. The minimum atomic E-state index is -5.80. The average Bonchev–Trinajstić information content (AvgIpc) is 2.83. The number of hydrogen-bond donors (Lipinski definition) is 6. The lowest BCUT2D eigenvalue weighted by Gasteiger charge is -2.32. The highest BCUT2D eigenvalue weighted by Crippen LogP contribution is 2.66. The summed E-state index contributed by atoms with van der Waals surface area (Å²) in [5.74, 6) is -4.01. The maximum Gasteiger partial charge on any atom is 0.490 e. The van der Waals surface area contributed by atoms with Crippen molar-refractivity contribution in [3.63, 3.8) is 0 Å². The lowest BCUT2D eigenvalue weighted by Crippen LogP contribution is -2.55. The first-order valence-electron chi connectivity index (χ1n) is 7.66. The first-order valence-corrected chi connectivity index (χ1v) is 12.7. The number of ether oxygens (including phenoxy) is 1. The van der Waals surface area contributed by atoms with E-state index >= 15 is 4.39 Å². The van der Waals surface area contributed by atoms with E-state index in [0.29, 0.717) is 4.57 Å². The molecule has 0 bridgehead atoms. The van der Waals surface area contributed by atoms with Crippen LogP contribution in [0.25, 0.3) is 0 Å². The summed E-state index contributed by atoms with van der Waals surface area (Å²) >= 11 is 5.69. The molecule has 1 saturated heterocycles. The molecule has 31 heavy (non-hydrogen) atoms. The highest BCUT2D eigenvalue weighted by molar-refractivity contribution is 7.66. The maximum atomic E-state index is 15.4. The zero-order chi connectivity index (χ0) is 23.9. The molecule has 21 heteroatoms. The Bertz CT molecular complexity index is 1040. The number of anilines is 1. The van der Waals surface area contributed by atoms with E-state index in [1.54, 1.807) is 0 Å². The van der Waals surface area contributed by atoms with Gasteiger partial charge in [-0.05, 0) is 6.07 Å². The van der Waals surface area contributed by atoms with Crippen LogP contribution >= 0.6 is 35.1 Å². The van der Waals surface area contributed by atoms with E-state index in [2.05, 4.69) is 18.1 Å². The lowest BCUT2D eigenvalue weighted by molar-refractivity contribution is -0.0926. The van der Waals surface area contributed by atoms with Crippen LogP contribution in [0.4, 0.5) is 10.2 Å². The SMILES string of the molecule is Nc1ccn(C2(F)CO[C@](CCl)(COP(=O)(O)OP(=O)(O)OP(=O)(O)O)[C@H]2O)c(=O)n1. The Morgan fingerprint density at radius 2 is 1.90 bits per heavy atom. The summed E-state index contributed by atoms with van der Waals surface area (Å²) < 4.78 is 66.1. The number of halogens is 2. The van der Waals surface area contributed by atoms with E-state index in [1.165, 1.54) is 0 Å². The van der Waals surface area contributed by atoms with Gasteiger partial charge in [-0.25, -0.2) is 22.9 Å². The van der Waals surface area contributed by atoms with Gasteiger partial charge in [-0.15, -0.1) is 11.6 Å². The van der Waals surface area contributed by atoms with Crippen molar-refractivity contribution in [1.82, 2.24) is 9.55 Å². The first-order chi connectivity index (χ1) is 14.0. The number of alkyl halides is 2. The summed E-state index contributed by atoms with van der Waals surface area (Å²) in [6.45, 7) is -2.25. The van der Waals surface area contributed by atoms with Gasteiger partial charge in [0.15, 0.2) is 0 Å². The van der Waals surface area contributed by atoms with Crippen LogP contribution in [0, 0.1) is 0 Å². The smallest absolute Gasteiger partial charge is 0.384 e. The molecule has 0 aromatic carbocycles. The number of phosphoric acid groups is 3. The van der Waals surface area contributed by atoms with Gasteiger partial charge in [0.1, 0.15) is 24.1 Å². The summed E-state index contributed by atoms with van der Waals surface area (Å²) in [7, 11) is -17.0. The molecule has 0 aliphatic carbocycles. The van der Waals surface area contributed by atoms with Crippen LogP contribution in [0.2, 0.25) is 0 Å². The van der Waals surface area contributed by atoms with Gasteiger partial charge in [0.2, 0.25) is 5.79 Å². The van der Waals surface area contributed by atoms with Gasteiger partial charge in [-0.2, -0.15) is 13.6 Å². The fraction of sp³-hybridized carbons (Fsp3) is 0.600. The standard InChI is InChI=1S/C10H16ClFN3O13P3/c11-3-9(4-26-30(21,22)28-31(23,24)27-29(18,19)20)7(16)10(12,5-25-9)15-2-1-6(13)14-8(15)17/h1-2,7,16H,3-5H2,(H,21,22)(H,23,24)(H2,13,14,17)(H2,18,19,20)/t7-,9-,10?/m1/s1. The van der Waals surface area contributed by atoms with E-state index in [-0.39, 0.29) is 5.82 Å². The van der Waals surface area contributed by atoms with Crippen molar-refractivity contribution >= 4 is 40.9 Å². The van der Waals surface area contributed by atoms with Gasteiger partial charge in [-0.3, -0.25) is 9.09 Å². The van der Waals surface area contributed by atoms with Gasteiger partial charge in [-0.1, -0.05) is 0 Å². The Balaban J connectivity index is 2.22. The van der Waals surface area contributed by atoms with Crippen molar-refractivity contribution in [2.24, 2.45) is 0 Å². The minimum absolute atomic E-state index is 0.241. The van der Waals surface area contributed by atoms with Crippen LogP contribution in [0.1, 0.15) is 0 Å². The molecule has 16 nitrogen and oxygen atoms in total. The molecule has 0 amide bonds. The second-order valence-corrected chi connectivity index (χ2v) is 10.8. The third kappa shape index (κ3) is 6.18. The number of aliphatic hydroxyl groups excluding tert-OH is 1. The number of nitrogens with two attached hydrogens (primary N) is 1. The van der Waals surface area contributed by atoms with Crippen LogP contribution in [0.15, 0.2) is 17.1 Å². The molecule has 3 unspecified atom stereocenters. The second kappa shape index (κ2) is 8.88. The van der Waals surface area contributed by atoms with E-state index in [9.17, 15) is 28.5 Å². The Hall–Kier alpha value is -0.770. The van der Waals surface area contributed by atoms with Crippen LogP contribution in [-0.2, 0) is 37.4 Å². The molecule has 1 aromatic rings. The van der Waals surface area contributed by atoms with Crippen molar-refractivity contribution in [2.75, 3.05) is 24.8 Å². The molecule has 1 aliphatic heterocycles. The van der Waals surface area contributed by atoms with Gasteiger partial charge in [0, 0.05) is 6.20 Å². The molecule has 1 aromatic heterocycles. The van der Waals surface area contributed by atoms with Crippen LogP contribution in [0.5, 0.6) is 0 Å². The Morgan fingerprint density at radius 1 is 1.29 bits per heavy atom. The third-order valence-corrected chi connectivity index (χ3v) is 8.05. The third-order valence-electron chi connectivity index (χ3n) is 3.82. The summed E-state index contributed by atoms with van der Waals surface area (Å²) in [5.41, 5.74) is 1.82. The average molecular weight is 534 g/mol. The number of hydrogen-bond acceptors (Lipinski definition) is 11. The molecule has 2 rings (SSSR count). The van der Waals surface area contributed by atoms with E-state index < -0.39 is 65.7 Å². The van der Waals surface area contributed by atoms with Crippen molar-refractivity contribution in [3.8, 4) is 0 Å². The molecular formula is C10H16ClFN3O13P3. The molecule has 1 aliphatic rings. The van der Waals surface area contributed by atoms with E-state index in [0.717, 1.165) is 12.3 Å². The molecule has 7 N–H and O–H groups in total. The van der Waals surface area contributed by atoms with Gasteiger partial charge < -0.3 is 35.2 Å². The number of phosphoric ester groups is 1. The van der Waals surface area contributed by atoms with Gasteiger partial charge >= 0.3 is 29.2 Å². The quantitative estimate of drug-likeness (QED) is 0.167. The zero-order valence-corrected chi connectivity index (χ0v) is 18.4. The molecule has 2 heterocycles. The highest BCUT2D eigenvalue weighted by atomic mass is 35.5. The van der Waals surface area contributed by atoms with E-state index in [4.69, 9.17) is 36.8 Å². The summed E-state index contributed by atoms with van der Waals surface area (Å²) in [6.07, 6.45) is -1.45. The number of aliphatic hydroxyl groups is 1. The molecule has 1 fully saturated rings. The molecule has 0 spiro atoms. The summed E-state index contributed by atoms with van der Waals surface area (Å²) in [4.78, 5) is 50.8. The largest absolute Gasteiger partial charge is 0.490 e. The molecule has 0 radical (unpaired) electrons. The molecule has 178 valence electrons. The number of nitrogens with zero attached hydrogens (tertiary/aromatic N) is 2. The monoisotopic (exact) mass is 533 g/mol. The highest BCUT2D eigenvalue weighted by Gasteiger charge is 2.61. The minimum Gasteiger partial charge on any atom is -0.384 e. The number of nitrogen functional groups attached to an aromatic ring is 1. The van der Waals surface area contributed by atoms with Crippen molar-refractivity contribution < 1.29 is 60.6 Å². The Kier molecular flexibility index (Phi) is 7.58. The Labute approximate surface area is 176 Å². The Morgan fingerprint density at radius 3 is 2.42 bits per heavy atom. The van der Waals surface area contributed by atoms with Crippen molar-refractivity contribution in [3.05, 3.63) is 22.7 Å². The topological polar surface area (TPSA) is 250 Å². The molecule has 0 saturated carbocycles. The van der Waals surface area contributed by atoms with Crippen LogP contribution < -0.4 is 11.4 Å². The van der Waals surface area contributed by atoms with Crippen molar-refractivity contribution in [2.45, 2.75) is 17.5 Å². The normalized spacial score (nSPS) is 30.6. The summed E-state index contributed by atoms with van der Waals surface area (Å²) in [6, 6.07) is 1.04. The number of aromatic nitrogens is 2.